The van der Waals surface area contributed by atoms with Crippen molar-refractivity contribution < 1.29 is 9.18 Å². The van der Waals surface area contributed by atoms with E-state index < -0.39 is 5.82 Å². The first-order chi connectivity index (χ1) is 13.0. The first kappa shape index (κ1) is 19.0. The molecule has 0 radical (unpaired) electrons. The molecule has 2 aromatic carbocycles. The number of rotatable bonds is 6. The first-order valence-corrected chi connectivity index (χ1v) is 8.79. The van der Waals surface area contributed by atoms with Crippen LogP contribution >= 0.6 is 11.6 Å². The zero-order valence-corrected chi connectivity index (χ0v) is 15.4. The Bertz CT molecular complexity index is 1040. The van der Waals surface area contributed by atoms with Gasteiger partial charge in [-0.2, -0.15) is 0 Å². The SMILES string of the molecule is CCN(CC(=O)Nc1ccccc1F)Cc1nc2cc(Cl)ccc2c(=O)[nH]1. The van der Waals surface area contributed by atoms with Crippen molar-refractivity contribution in [3.8, 4) is 0 Å². The molecule has 3 aromatic rings. The van der Waals surface area contributed by atoms with Gasteiger partial charge in [0.15, 0.2) is 0 Å². The number of amides is 1. The Balaban J connectivity index is 1.73. The Labute approximate surface area is 160 Å². The minimum atomic E-state index is -0.494. The van der Waals surface area contributed by atoms with Gasteiger partial charge in [0.2, 0.25) is 5.91 Å². The van der Waals surface area contributed by atoms with Crippen molar-refractivity contribution in [2.24, 2.45) is 0 Å². The fraction of sp³-hybridized carbons (Fsp3) is 0.211. The van der Waals surface area contributed by atoms with Crippen molar-refractivity contribution in [3.05, 3.63) is 69.5 Å². The van der Waals surface area contributed by atoms with Crippen LogP contribution in [0.5, 0.6) is 0 Å². The second-order valence-corrected chi connectivity index (χ2v) is 6.44. The molecule has 0 saturated heterocycles. The van der Waals surface area contributed by atoms with Crippen LogP contribution in [0.4, 0.5) is 10.1 Å². The van der Waals surface area contributed by atoms with E-state index in [9.17, 15) is 14.0 Å². The molecule has 3 rings (SSSR count). The van der Waals surface area contributed by atoms with Crippen LogP contribution in [0.1, 0.15) is 12.7 Å². The van der Waals surface area contributed by atoms with E-state index in [0.717, 1.165) is 0 Å². The summed E-state index contributed by atoms with van der Waals surface area (Å²) in [6, 6.07) is 10.8. The molecule has 1 heterocycles. The highest BCUT2D eigenvalue weighted by molar-refractivity contribution is 6.31. The summed E-state index contributed by atoms with van der Waals surface area (Å²) in [5.41, 5.74) is 0.358. The Kier molecular flexibility index (Phi) is 5.83. The Morgan fingerprint density at radius 1 is 1.30 bits per heavy atom. The molecule has 8 heteroatoms. The molecule has 0 bridgehead atoms. The maximum Gasteiger partial charge on any atom is 0.258 e. The monoisotopic (exact) mass is 388 g/mol. The van der Waals surface area contributed by atoms with Crippen LogP contribution in [0.2, 0.25) is 5.02 Å². The smallest absolute Gasteiger partial charge is 0.258 e. The lowest BCUT2D eigenvalue weighted by Crippen LogP contribution is -2.34. The molecule has 1 amide bonds. The molecule has 0 unspecified atom stereocenters. The van der Waals surface area contributed by atoms with Gasteiger partial charge < -0.3 is 10.3 Å². The molecule has 1 aromatic heterocycles. The number of fused-ring (bicyclic) bond motifs is 1. The standard InChI is InChI=1S/C19H18ClFN4O2/c1-2-25(11-18(26)23-15-6-4-3-5-14(15)21)10-17-22-16-9-12(20)7-8-13(16)19(27)24-17/h3-9H,2,10-11H2,1H3,(H,23,26)(H,22,24,27). The molecule has 0 aliphatic carbocycles. The van der Waals surface area contributed by atoms with E-state index in [1.54, 1.807) is 35.2 Å². The van der Waals surface area contributed by atoms with E-state index in [1.807, 2.05) is 6.92 Å². The molecular weight excluding hydrogens is 371 g/mol. The summed E-state index contributed by atoms with van der Waals surface area (Å²) in [6.07, 6.45) is 0. The number of likely N-dealkylation sites (N-methyl/N-ethyl adjacent to an activating group) is 1. The van der Waals surface area contributed by atoms with Crippen molar-refractivity contribution >= 4 is 34.1 Å². The van der Waals surface area contributed by atoms with Crippen molar-refractivity contribution in [3.63, 3.8) is 0 Å². The topological polar surface area (TPSA) is 78.1 Å². The van der Waals surface area contributed by atoms with Crippen LogP contribution in [0.25, 0.3) is 10.9 Å². The number of aromatic amines is 1. The van der Waals surface area contributed by atoms with Gasteiger partial charge in [-0.1, -0.05) is 30.7 Å². The lowest BCUT2D eigenvalue weighted by Gasteiger charge is -2.19. The van der Waals surface area contributed by atoms with Gasteiger partial charge in [0.25, 0.3) is 5.56 Å². The molecule has 6 nitrogen and oxygen atoms in total. The number of hydrogen-bond donors (Lipinski definition) is 2. The molecule has 27 heavy (non-hydrogen) atoms. The largest absolute Gasteiger partial charge is 0.322 e. The Hall–Kier alpha value is -2.77. The van der Waals surface area contributed by atoms with Crippen LogP contribution in [0, 0.1) is 5.82 Å². The summed E-state index contributed by atoms with van der Waals surface area (Å²) in [4.78, 5) is 33.3. The predicted octanol–water partition coefficient (Wildman–Crippen LogP) is 3.18. The third kappa shape index (κ3) is 4.69. The number of nitrogens with one attached hydrogen (secondary N) is 2. The van der Waals surface area contributed by atoms with Crippen LogP contribution in [0.15, 0.2) is 47.3 Å². The maximum absolute atomic E-state index is 13.7. The molecule has 0 atom stereocenters. The second kappa shape index (κ2) is 8.28. The van der Waals surface area contributed by atoms with Crippen molar-refractivity contribution in [1.82, 2.24) is 14.9 Å². The third-order valence-corrected chi connectivity index (χ3v) is 4.29. The lowest BCUT2D eigenvalue weighted by molar-refractivity contribution is -0.117. The van der Waals surface area contributed by atoms with Crippen molar-refractivity contribution in [2.75, 3.05) is 18.4 Å². The highest BCUT2D eigenvalue weighted by Crippen LogP contribution is 2.15. The number of hydrogen-bond acceptors (Lipinski definition) is 4. The fourth-order valence-corrected chi connectivity index (χ4v) is 2.85. The fourth-order valence-electron chi connectivity index (χ4n) is 2.68. The summed E-state index contributed by atoms with van der Waals surface area (Å²) in [6.45, 7) is 2.72. The number of halogens is 2. The van der Waals surface area contributed by atoms with E-state index >= 15 is 0 Å². The molecule has 2 N–H and O–H groups in total. The number of carbonyl (C=O) groups excluding carboxylic acids is 1. The number of benzene rings is 2. The zero-order chi connectivity index (χ0) is 19.4. The maximum atomic E-state index is 13.7. The van der Waals surface area contributed by atoms with Gasteiger partial charge in [-0.25, -0.2) is 9.37 Å². The molecule has 0 aliphatic heterocycles. The number of aromatic nitrogens is 2. The average molecular weight is 389 g/mol. The summed E-state index contributed by atoms with van der Waals surface area (Å²) >= 11 is 5.97. The minimum Gasteiger partial charge on any atom is -0.322 e. The van der Waals surface area contributed by atoms with Gasteiger partial charge in [0.05, 0.1) is 29.7 Å². The quantitative estimate of drug-likeness (QED) is 0.679. The van der Waals surface area contributed by atoms with Gasteiger partial charge in [0, 0.05) is 5.02 Å². The van der Waals surface area contributed by atoms with Crippen molar-refractivity contribution in [1.29, 1.82) is 0 Å². The van der Waals surface area contributed by atoms with Crippen LogP contribution in [0.3, 0.4) is 0 Å². The highest BCUT2D eigenvalue weighted by Gasteiger charge is 2.13. The minimum absolute atomic E-state index is 0.0299. The summed E-state index contributed by atoms with van der Waals surface area (Å²) in [5, 5.41) is 3.48. The molecule has 0 fully saturated rings. The van der Waals surface area contributed by atoms with Gasteiger partial charge in [-0.3, -0.25) is 14.5 Å². The van der Waals surface area contributed by atoms with Crippen LogP contribution < -0.4 is 10.9 Å². The molecule has 0 spiro atoms. The van der Waals surface area contributed by atoms with E-state index in [4.69, 9.17) is 11.6 Å². The highest BCUT2D eigenvalue weighted by atomic mass is 35.5. The lowest BCUT2D eigenvalue weighted by atomic mass is 10.2. The third-order valence-electron chi connectivity index (χ3n) is 4.05. The number of para-hydroxylation sites is 1. The van der Waals surface area contributed by atoms with Gasteiger partial charge in [-0.15, -0.1) is 0 Å². The zero-order valence-electron chi connectivity index (χ0n) is 14.6. The molecular formula is C19H18ClFN4O2. The number of anilines is 1. The summed E-state index contributed by atoms with van der Waals surface area (Å²) in [7, 11) is 0. The van der Waals surface area contributed by atoms with Crippen LogP contribution in [-0.4, -0.2) is 33.9 Å². The van der Waals surface area contributed by atoms with Crippen LogP contribution in [-0.2, 0) is 11.3 Å². The van der Waals surface area contributed by atoms with E-state index in [-0.39, 0.29) is 30.2 Å². The predicted molar refractivity (Wildman–Crippen MR) is 103 cm³/mol. The molecule has 140 valence electrons. The van der Waals surface area contributed by atoms with E-state index in [0.29, 0.717) is 28.3 Å². The number of carbonyl (C=O) groups is 1. The summed E-state index contributed by atoms with van der Waals surface area (Å²) in [5.74, 6) is -0.422. The molecule has 0 aliphatic rings. The van der Waals surface area contributed by atoms with Gasteiger partial charge in [-0.05, 0) is 36.9 Å². The van der Waals surface area contributed by atoms with E-state index in [1.165, 1.54) is 12.1 Å². The Morgan fingerprint density at radius 2 is 2.07 bits per heavy atom. The average Bonchev–Trinajstić information content (AvgIpc) is 2.62. The summed E-state index contributed by atoms with van der Waals surface area (Å²) < 4.78 is 13.7. The Morgan fingerprint density at radius 3 is 2.81 bits per heavy atom. The van der Waals surface area contributed by atoms with Crippen molar-refractivity contribution in [2.45, 2.75) is 13.5 Å². The van der Waals surface area contributed by atoms with E-state index in [2.05, 4.69) is 15.3 Å². The normalized spacial score (nSPS) is 11.1. The number of H-pyrrole nitrogens is 1. The second-order valence-electron chi connectivity index (χ2n) is 6.01. The number of nitrogens with zero attached hydrogens (tertiary/aromatic N) is 2. The van der Waals surface area contributed by atoms with Gasteiger partial charge >= 0.3 is 0 Å². The molecule has 0 saturated carbocycles. The first-order valence-electron chi connectivity index (χ1n) is 8.41. The van der Waals surface area contributed by atoms with Gasteiger partial charge in [0.1, 0.15) is 11.6 Å².